The molecule has 3 aliphatic heterocycles. The van der Waals surface area contributed by atoms with E-state index in [1.165, 1.54) is 9.88 Å². The van der Waals surface area contributed by atoms with Crippen molar-refractivity contribution in [3.63, 3.8) is 0 Å². The van der Waals surface area contributed by atoms with Crippen LogP contribution in [0.3, 0.4) is 0 Å². The molecule has 4 rings (SSSR count). The van der Waals surface area contributed by atoms with Gasteiger partial charge in [-0.15, -0.1) is 0 Å². The standard InChI is InChI=1S/C18H21NO3S/c1-13-4-6-16(7-5-13)23(20,21)19-9-8-18-10-14(2)17(3,22-18)11-15(18)12-19/h4-7,10,12H,8-9,11H2,1-3H3/t17-,18-/m1/s1. The molecule has 0 unspecified atom stereocenters. The number of fused-ring (bicyclic) bond motifs is 1. The molecular formula is C18H21NO3S. The largest absolute Gasteiger partial charge is 0.356 e. The van der Waals surface area contributed by atoms with E-state index < -0.39 is 10.0 Å². The molecule has 0 aromatic heterocycles. The van der Waals surface area contributed by atoms with Crippen LogP contribution in [0, 0.1) is 6.92 Å². The number of hydrogen-bond acceptors (Lipinski definition) is 3. The third-order valence-electron chi connectivity index (χ3n) is 5.39. The van der Waals surface area contributed by atoms with Crippen molar-refractivity contribution in [3.8, 4) is 0 Å². The second-order valence-electron chi connectivity index (χ2n) is 7.06. The molecule has 1 saturated heterocycles. The first-order chi connectivity index (χ1) is 10.8. The van der Waals surface area contributed by atoms with Crippen LogP contribution in [0.25, 0.3) is 0 Å². The first-order valence-electron chi connectivity index (χ1n) is 7.95. The monoisotopic (exact) mass is 331 g/mol. The fraction of sp³-hybridized carbons (Fsp3) is 0.444. The Morgan fingerprint density at radius 3 is 2.52 bits per heavy atom. The van der Waals surface area contributed by atoms with Crippen LogP contribution in [-0.4, -0.2) is 30.5 Å². The minimum Gasteiger partial charge on any atom is -0.356 e. The number of hydrogen-bond donors (Lipinski definition) is 0. The van der Waals surface area contributed by atoms with Crippen molar-refractivity contribution in [2.75, 3.05) is 6.54 Å². The molecule has 122 valence electrons. The number of rotatable bonds is 2. The van der Waals surface area contributed by atoms with Gasteiger partial charge in [-0.1, -0.05) is 17.7 Å². The van der Waals surface area contributed by atoms with Gasteiger partial charge in [0.1, 0.15) is 5.60 Å². The fourth-order valence-electron chi connectivity index (χ4n) is 3.85. The van der Waals surface area contributed by atoms with Crippen LogP contribution < -0.4 is 0 Å². The van der Waals surface area contributed by atoms with Gasteiger partial charge in [0, 0.05) is 25.6 Å². The van der Waals surface area contributed by atoms with Gasteiger partial charge >= 0.3 is 0 Å². The van der Waals surface area contributed by atoms with E-state index in [0.29, 0.717) is 17.9 Å². The van der Waals surface area contributed by atoms with Crippen LogP contribution >= 0.6 is 0 Å². The van der Waals surface area contributed by atoms with Gasteiger partial charge in [0.15, 0.2) is 0 Å². The van der Waals surface area contributed by atoms with Gasteiger partial charge < -0.3 is 4.74 Å². The molecule has 1 spiro atoms. The summed E-state index contributed by atoms with van der Waals surface area (Å²) in [5.74, 6) is 0. The first kappa shape index (κ1) is 15.0. The molecule has 1 aromatic carbocycles. The van der Waals surface area contributed by atoms with Crippen molar-refractivity contribution >= 4 is 10.0 Å². The molecule has 2 bridgehead atoms. The van der Waals surface area contributed by atoms with E-state index in [4.69, 9.17) is 4.74 Å². The maximum atomic E-state index is 12.9. The van der Waals surface area contributed by atoms with Crippen molar-refractivity contribution in [2.24, 2.45) is 0 Å². The molecule has 1 aromatic rings. The van der Waals surface area contributed by atoms with Crippen molar-refractivity contribution in [3.05, 3.63) is 53.3 Å². The van der Waals surface area contributed by atoms with E-state index in [2.05, 4.69) is 19.9 Å². The Morgan fingerprint density at radius 1 is 1.17 bits per heavy atom. The van der Waals surface area contributed by atoms with Gasteiger partial charge in [-0.05, 0) is 50.1 Å². The van der Waals surface area contributed by atoms with Crippen LogP contribution in [0.15, 0.2) is 52.6 Å². The second kappa shape index (κ2) is 4.48. The summed E-state index contributed by atoms with van der Waals surface area (Å²) in [5.41, 5.74) is 2.74. The molecule has 3 heterocycles. The Hall–Kier alpha value is -1.59. The average Bonchev–Trinajstić information content (AvgIpc) is 2.92. The summed E-state index contributed by atoms with van der Waals surface area (Å²) in [6.07, 6.45) is 5.43. The van der Waals surface area contributed by atoms with Crippen molar-refractivity contribution in [1.29, 1.82) is 0 Å². The zero-order chi connectivity index (χ0) is 16.5. The Morgan fingerprint density at radius 2 is 1.87 bits per heavy atom. The van der Waals surface area contributed by atoms with Gasteiger partial charge in [0.2, 0.25) is 0 Å². The summed E-state index contributed by atoms with van der Waals surface area (Å²) in [6.45, 7) is 6.58. The van der Waals surface area contributed by atoms with Crippen LogP contribution in [-0.2, 0) is 14.8 Å². The molecule has 0 radical (unpaired) electrons. The molecular weight excluding hydrogens is 310 g/mol. The fourth-order valence-corrected chi connectivity index (χ4v) is 5.20. The molecule has 4 nitrogen and oxygen atoms in total. The summed E-state index contributed by atoms with van der Waals surface area (Å²) in [7, 11) is -3.49. The second-order valence-corrected chi connectivity index (χ2v) is 8.95. The van der Waals surface area contributed by atoms with E-state index >= 15 is 0 Å². The van der Waals surface area contributed by atoms with Crippen LogP contribution in [0.2, 0.25) is 0 Å². The minimum atomic E-state index is -3.49. The minimum absolute atomic E-state index is 0.268. The smallest absolute Gasteiger partial charge is 0.263 e. The lowest BCUT2D eigenvalue weighted by Gasteiger charge is -2.34. The molecule has 3 aliphatic rings. The predicted molar refractivity (Wildman–Crippen MR) is 88.4 cm³/mol. The van der Waals surface area contributed by atoms with E-state index in [9.17, 15) is 8.42 Å². The summed E-state index contributed by atoms with van der Waals surface area (Å²) in [6, 6.07) is 7.02. The van der Waals surface area contributed by atoms with Crippen molar-refractivity contribution < 1.29 is 13.2 Å². The highest BCUT2D eigenvalue weighted by molar-refractivity contribution is 7.89. The SMILES string of the molecule is CC1=C[C@]23CCN(S(=O)(=O)c4ccc(C)cc4)C=C2C[C@@]1(C)O3. The molecule has 0 saturated carbocycles. The third kappa shape index (κ3) is 2.03. The zero-order valence-electron chi connectivity index (χ0n) is 13.7. The van der Waals surface area contributed by atoms with Crippen molar-refractivity contribution in [1.82, 2.24) is 4.31 Å². The first-order valence-corrected chi connectivity index (χ1v) is 9.39. The average molecular weight is 331 g/mol. The van der Waals surface area contributed by atoms with E-state index in [1.54, 1.807) is 18.3 Å². The summed E-state index contributed by atoms with van der Waals surface area (Å²) in [5, 5.41) is 0. The Balaban J connectivity index is 1.71. The number of ether oxygens (including phenoxy) is 1. The Labute approximate surface area is 137 Å². The topological polar surface area (TPSA) is 46.6 Å². The summed E-state index contributed by atoms with van der Waals surface area (Å²) in [4.78, 5) is 0.345. The third-order valence-corrected chi connectivity index (χ3v) is 7.17. The lowest BCUT2D eigenvalue weighted by atomic mass is 9.78. The van der Waals surface area contributed by atoms with E-state index in [0.717, 1.165) is 17.6 Å². The quantitative estimate of drug-likeness (QED) is 0.782. The van der Waals surface area contributed by atoms with Gasteiger partial charge in [-0.25, -0.2) is 8.42 Å². The molecule has 0 aliphatic carbocycles. The number of sulfonamides is 1. The predicted octanol–water partition coefficient (Wildman–Crippen LogP) is 3.15. The molecule has 23 heavy (non-hydrogen) atoms. The lowest BCUT2D eigenvalue weighted by Crippen LogP contribution is -2.40. The van der Waals surface area contributed by atoms with E-state index in [1.807, 2.05) is 19.1 Å². The maximum Gasteiger partial charge on any atom is 0.263 e. The molecule has 0 N–H and O–H groups in total. The molecule has 1 fully saturated rings. The van der Waals surface area contributed by atoms with Crippen LogP contribution in [0.1, 0.15) is 32.3 Å². The van der Waals surface area contributed by atoms with Gasteiger partial charge in [-0.2, -0.15) is 0 Å². The molecule has 2 atom stereocenters. The number of aryl methyl sites for hydroxylation is 1. The molecule has 5 heteroatoms. The number of benzene rings is 1. The van der Waals surface area contributed by atoms with E-state index in [-0.39, 0.29) is 11.2 Å². The highest BCUT2D eigenvalue weighted by Gasteiger charge is 2.56. The maximum absolute atomic E-state index is 12.9. The summed E-state index contributed by atoms with van der Waals surface area (Å²) < 4.78 is 33.5. The van der Waals surface area contributed by atoms with Crippen LogP contribution in [0.4, 0.5) is 0 Å². The van der Waals surface area contributed by atoms with Crippen molar-refractivity contribution in [2.45, 2.75) is 49.7 Å². The molecule has 0 amide bonds. The lowest BCUT2D eigenvalue weighted by molar-refractivity contribution is -0.0247. The summed E-state index contributed by atoms with van der Waals surface area (Å²) >= 11 is 0. The van der Waals surface area contributed by atoms with Crippen LogP contribution in [0.5, 0.6) is 0 Å². The Bertz CT molecular complexity index is 838. The number of nitrogens with zero attached hydrogens (tertiary/aromatic N) is 1. The zero-order valence-corrected chi connectivity index (χ0v) is 14.5. The highest BCUT2D eigenvalue weighted by atomic mass is 32.2. The normalized spacial score (nSPS) is 32.6. The van der Waals surface area contributed by atoms with Gasteiger partial charge in [0.25, 0.3) is 10.0 Å². The Kier molecular flexibility index (Phi) is 2.92. The highest BCUT2D eigenvalue weighted by Crippen LogP contribution is 2.55. The van der Waals surface area contributed by atoms with Gasteiger partial charge in [-0.3, -0.25) is 4.31 Å². The van der Waals surface area contributed by atoms with Gasteiger partial charge in [0.05, 0.1) is 10.5 Å².